The highest BCUT2D eigenvalue weighted by molar-refractivity contribution is 6.37. The predicted molar refractivity (Wildman–Crippen MR) is 81.9 cm³/mol. The number of hydrogen-bond donors (Lipinski definition) is 2. The first kappa shape index (κ1) is 16.2. The van der Waals surface area contributed by atoms with Crippen molar-refractivity contribution in [2.45, 2.75) is 13.5 Å². The molecule has 0 spiro atoms. The van der Waals surface area contributed by atoms with Crippen LogP contribution < -0.4 is 10.8 Å². The van der Waals surface area contributed by atoms with Gasteiger partial charge >= 0.3 is 5.97 Å². The van der Waals surface area contributed by atoms with Crippen LogP contribution in [-0.2, 0) is 11.3 Å². The number of aromatic nitrogens is 1. The summed E-state index contributed by atoms with van der Waals surface area (Å²) in [6.07, 6.45) is 0. The maximum Gasteiger partial charge on any atom is 0.342 e. The van der Waals surface area contributed by atoms with Crippen molar-refractivity contribution in [2.75, 3.05) is 18.5 Å². The molecule has 1 aliphatic heterocycles. The molecule has 0 amide bonds. The van der Waals surface area contributed by atoms with Gasteiger partial charge in [-0.2, -0.15) is 5.26 Å². The van der Waals surface area contributed by atoms with E-state index < -0.39 is 28.2 Å². The van der Waals surface area contributed by atoms with E-state index in [0.29, 0.717) is 13.1 Å². The Morgan fingerprint density at radius 1 is 1.46 bits per heavy atom. The number of nitriles is 1. The molecule has 24 heavy (non-hydrogen) atoms. The molecule has 2 N–H and O–H groups in total. The van der Waals surface area contributed by atoms with E-state index in [2.05, 4.69) is 5.32 Å². The van der Waals surface area contributed by atoms with Gasteiger partial charge < -0.3 is 14.6 Å². The zero-order valence-corrected chi connectivity index (χ0v) is 13.2. The summed E-state index contributed by atoms with van der Waals surface area (Å²) >= 11 is 5.98. The van der Waals surface area contributed by atoms with Gasteiger partial charge in [-0.05, 0) is 6.92 Å². The fraction of sp³-hybridized carbons (Fsp3) is 0.267. The van der Waals surface area contributed by atoms with E-state index >= 15 is 0 Å². The number of fused-ring (bicyclic) bond motifs is 2. The van der Waals surface area contributed by atoms with Crippen LogP contribution in [0, 0.1) is 28.4 Å². The Hall–Kier alpha value is -2.66. The summed E-state index contributed by atoms with van der Waals surface area (Å²) in [7, 11) is 0. The second-order valence-corrected chi connectivity index (χ2v) is 5.43. The van der Waals surface area contributed by atoms with Crippen LogP contribution in [0.4, 0.5) is 14.6 Å². The number of anilines is 1. The quantitative estimate of drug-likeness (QED) is 0.642. The molecule has 3 rings (SSSR count). The third kappa shape index (κ3) is 2.05. The third-order valence-electron chi connectivity index (χ3n) is 3.80. The molecule has 1 aliphatic rings. The highest BCUT2D eigenvalue weighted by Crippen LogP contribution is 2.36. The van der Waals surface area contributed by atoms with Crippen LogP contribution in [-0.4, -0.2) is 23.7 Å². The molecule has 0 saturated heterocycles. The molecule has 0 unspecified atom stereocenters. The van der Waals surface area contributed by atoms with Crippen LogP contribution >= 0.6 is 11.6 Å². The standard InChI is InChI=1S/C15H11ClF2N4O2/c1-2-24-15(23)9-7-8(13(20)22-4-3-21-14(9)22)11(17)6(5-19)12(18)10(7)16/h20-21H,2-4H2,1H3. The molecule has 0 saturated carbocycles. The van der Waals surface area contributed by atoms with Crippen molar-refractivity contribution < 1.29 is 18.3 Å². The number of carbonyl (C=O) groups is 1. The lowest BCUT2D eigenvalue weighted by Crippen LogP contribution is -2.23. The lowest BCUT2D eigenvalue weighted by atomic mass is 10.0. The summed E-state index contributed by atoms with van der Waals surface area (Å²) in [6.45, 7) is 2.37. The highest BCUT2D eigenvalue weighted by atomic mass is 35.5. The lowest BCUT2D eigenvalue weighted by Gasteiger charge is -2.16. The van der Waals surface area contributed by atoms with Crippen LogP contribution in [0.3, 0.4) is 0 Å². The molecule has 9 heteroatoms. The highest BCUT2D eigenvalue weighted by Gasteiger charge is 2.31. The Kier molecular flexibility index (Phi) is 3.89. The molecule has 0 atom stereocenters. The number of nitrogens with zero attached hydrogens (tertiary/aromatic N) is 2. The lowest BCUT2D eigenvalue weighted by molar-refractivity contribution is 0.0529. The van der Waals surface area contributed by atoms with Crippen molar-refractivity contribution in [1.29, 1.82) is 10.7 Å². The van der Waals surface area contributed by atoms with Gasteiger partial charge in [0.05, 0.1) is 17.0 Å². The Morgan fingerprint density at radius 2 is 2.17 bits per heavy atom. The molecular formula is C15H11ClF2N4O2. The molecular weight excluding hydrogens is 342 g/mol. The van der Waals surface area contributed by atoms with Crippen LogP contribution in [0.2, 0.25) is 5.02 Å². The maximum atomic E-state index is 14.6. The summed E-state index contributed by atoms with van der Waals surface area (Å²) in [5.74, 6) is -3.08. The van der Waals surface area contributed by atoms with Gasteiger partial charge in [0.25, 0.3) is 0 Å². The van der Waals surface area contributed by atoms with Crippen molar-refractivity contribution in [3.05, 3.63) is 33.3 Å². The normalized spacial score (nSPS) is 12.6. The number of pyridine rings is 1. The van der Waals surface area contributed by atoms with E-state index in [-0.39, 0.29) is 34.2 Å². The van der Waals surface area contributed by atoms with Gasteiger partial charge in [0.15, 0.2) is 11.6 Å². The fourth-order valence-corrected chi connectivity index (χ4v) is 3.09. The Morgan fingerprint density at radius 3 is 2.79 bits per heavy atom. The molecule has 2 heterocycles. The van der Waals surface area contributed by atoms with E-state index in [9.17, 15) is 13.6 Å². The smallest absolute Gasteiger partial charge is 0.342 e. The average Bonchev–Trinajstić information content (AvgIpc) is 3.03. The van der Waals surface area contributed by atoms with Crippen LogP contribution in [0.5, 0.6) is 0 Å². The van der Waals surface area contributed by atoms with Crippen LogP contribution in [0.15, 0.2) is 0 Å². The predicted octanol–water partition coefficient (Wildman–Crippen LogP) is 2.53. The van der Waals surface area contributed by atoms with Crippen LogP contribution in [0.25, 0.3) is 10.8 Å². The Labute approximate surface area is 139 Å². The Balaban J connectivity index is 2.60. The largest absolute Gasteiger partial charge is 0.462 e. The van der Waals surface area contributed by atoms with E-state index in [1.807, 2.05) is 0 Å². The number of carbonyl (C=O) groups excluding carboxylic acids is 1. The minimum absolute atomic E-state index is 0.0568. The molecule has 6 nitrogen and oxygen atoms in total. The number of benzene rings is 1. The van der Waals surface area contributed by atoms with Gasteiger partial charge in [-0.25, -0.2) is 13.6 Å². The summed E-state index contributed by atoms with van der Waals surface area (Å²) in [5, 5.41) is 18.8. The van der Waals surface area contributed by atoms with Crippen molar-refractivity contribution in [3.8, 4) is 6.07 Å². The molecule has 124 valence electrons. The van der Waals surface area contributed by atoms with Gasteiger partial charge in [-0.1, -0.05) is 11.6 Å². The molecule has 0 bridgehead atoms. The summed E-state index contributed by atoms with van der Waals surface area (Å²) in [4.78, 5) is 12.4. The average molecular weight is 353 g/mol. The molecule has 1 aromatic heterocycles. The first-order chi connectivity index (χ1) is 11.4. The van der Waals surface area contributed by atoms with Crippen molar-refractivity contribution in [1.82, 2.24) is 4.57 Å². The second kappa shape index (κ2) is 5.76. The van der Waals surface area contributed by atoms with E-state index in [1.54, 1.807) is 6.92 Å². The van der Waals surface area contributed by atoms with Crippen LogP contribution in [0.1, 0.15) is 22.8 Å². The summed E-state index contributed by atoms with van der Waals surface area (Å²) < 4.78 is 35.3. The zero-order chi connectivity index (χ0) is 17.6. The molecule has 0 radical (unpaired) electrons. The van der Waals surface area contributed by atoms with Crippen molar-refractivity contribution >= 4 is 34.2 Å². The van der Waals surface area contributed by atoms with Crippen molar-refractivity contribution in [3.63, 3.8) is 0 Å². The first-order valence-corrected chi connectivity index (χ1v) is 7.44. The maximum absolute atomic E-state index is 14.6. The van der Waals surface area contributed by atoms with E-state index in [4.69, 9.17) is 27.0 Å². The topological polar surface area (TPSA) is 90.9 Å². The minimum atomic E-state index is -1.27. The SMILES string of the molecule is CCOC(=O)c1c2n(c(=N)c3c(F)c(C#N)c(F)c(Cl)c13)CCN2. The fourth-order valence-electron chi connectivity index (χ4n) is 2.81. The molecule has 0 aliphatic carbocycles. The number of ether oxygens (including phenoxy) is 1. The summed E-state index contributed by atoms with van der Waals surface area (Å²) in [6, 6.07) is 1.41. The van der Waals surface area contributed by atoms with Gasteiger partial charge in [0.2, 0.25) is 0 Å². The zero-order valence-electron chi connectivity index (χ0n) is 12.5. The molecule has 0 fully saturated rings. The summed E-state index contributed by atoms with van der Waals surface area (Å²) in [5.41, 5.74) is -1.33. The number of nitrogens with one attached hydrogen (secondary N) is 2. The van der Waals surface area contributed by atoms with Gasteiger partial charge in [-0.3, -0.25) is 5.41 Å². The molecule has 1 aromatic carbocycles. The van der Waals surface area contributed by atoms with E-state index in [0.717, 1.165) is 0 Å². The van der Waals surface area contributed by atoms with Crippen molar-refractivity contribution in [2.24, 2.45) is 0 Å². The second-order valence-electron chi connectivity index (χ2n) is 5.05. The number of hydrogen-bond acceptors (Lipinski definition) is 5. The number of esters is 1. The minimum Gasteiger partial charge on any atom is -0.462 e. The third-order valence-corrected chi connectivity index (χ3v) is 4.16. The van der Waals surface area contributed by atoms with Gasteiger partial charge in [0, 0.05) is 18.5 Å². The number of rotatable bonds is 2. The number of halogens is 3. The monoisotopic (exact) mass is 352 g/mol. The first-order valence-electron chi connectivity index (χ1n) is 7.06. The van der Waals surface area contributed by atoms with Gasteiger partial charge in [0.1, 0.15) is 28.5 Å². The van der Waals surface area contributed by atoms with Gasteiger partial charge in [-0.15, -0.1) is 0 Å². The molecule has 2 aromatic rings. The van der Waals surface area contributed by atoms with E-state index in [1.165, 1.54) is 10.6 Å². The Bertz CT molecular complexity index is 994.